The second-order valence-corrected chi connectivity index (χ2v) is 13.4. The molecule has 1 heterocycles. The predicted octanol–water partition coefficient (Wildman–Crippen LogP) is 7.53. The average molecular weight is 640 g/mol. The minimum absolute atomic E-state index is 0.0633. The molecule has 238 valence electrons. The lowest BCUT2D eigenvalue weighted by atomic mass is 9.76. The first-order valence-electron chi connectivity index (χ1n) is 14.2. The van der Waals surface area contributed by atoms with E-state index in [1.807, 2.05) is 13.8 Å². The molecule has 1 amide bonds. The number of nitrogens with zero attached hydrogens (tertiary/aromatic N) is 1. The number of amides is 1. The van der Waals surface area contributed by atoms with Crippen molar-refractivity contribution in [1.82, 2.24) is 4.90 Å². The molecule has 0 radical (unpaired) electrons. The number of carbonyl (C=O) groups excluding carboxylic acids is 1. The van der Waals surface area contributed by atoms with Gasteiger partial charge in [-0.15, -0.1) is 0 Å². The van der Waals surface area contributed by atoms with Crippen molar-refractivity contribution in [3.05, 3.63) is 64.7 Å². The van der Waals surface area contributed by atoms with Gasteiger partial charge < -0.3 is 4.90 Å². The van der Waals surface area contributed by atoms with Gasteiger partial charge in [0.1, 0.15) is 4.75 Å². The Morgan fingerprint density at radius 1 is 0.977 bits per heavy atom. The van der Waals surface area contributed by atoms with Crippen LogP contribution in [-0.2, 0) is 37.9 Å². The highest BCUT2D eigenvalue weighted by Gasteiger charge is 2.74. The van der Waals surface area contributed by atoms with Gasteiger partial charge in [0.2, 0.25) is 5.91 Å². The number of rotatable bonds is 9. The molecule has 1 aliphatic carbocycles. The lowest BCUT2D eigenvalue weighted by Crippen LogP contribution is -2.53. The minimum Gasteiger partial charge on any atom is -0.337 e. The summed E-state index contributed by atoms with van der Waals surface area (Å²) in [5.74, 6) is -1.16. The third-order valence-electron chi connectivity index (χ3n) is 8.91. The van der Waals surface area contributed by atoms with E-state index in [-0.39, 0.29) is 48.3 Å². The second kappa shape index (κ2) is 11.7. The van der Waals surface area contributed by atoms with Gasteiger partial charge in [0.05, 0.1) is 17.6 Å². The van der Waals surface area contributed by atoms with Crippen LogP contribution in [0.5, 0.6) is 0 Å². The first-order valence-corrected chi connectivity index (χ1v) is 15.7. The first-order chi connectivity index (χ1) is 20.0. The zero-order valence-electron chi connectivity index (χ0n) is 23.7. The monoisotopic (exact) mass is 639 g/mol. The number of sulfone groups is 1. The molecule has 13 heteroatoms. The van der Waals surface area contributed by atoms with Crippen LogP contribution in [0.3, 0.4) is 0 Å². The van der Waals surface area contributed by atoms with Crippen LogP contribution in [0.2, 0.25) is 0 Å². The van der Waals surface area contributed by atoms with E-state index in [9.17, 15) is 48.3 Å². The fourth-order valence-corrected chi connectivity index (χ4v) is 9.08. The fourth-order valence-electron chi connectivity index (χ4n) is 6.71. The van der Waals surface area contributed by atoms with E-state index in [0.717, 1.165) is 11.6 Å². The van der Waals surface area contributed by atoms with Crippen molar-refractivity contribution in [3.63, 3.8) is 0 Å². The van der Waals surface area contributed by atoms with E-state index in [4.69, 9.17) is 0 Å². The van der Waals surface area contributed by atoms with E-state index >= 15 is 0 Å². The predicted molar refractivity (Wildman–Crippen MR) is 143 cm³/mol. The number of likely N-dealkylation sites (tertiary alicyclic amines) is 1. The van der Waals surface area contributed by atoms with Crippen LogP contribution < -0.4 is 0 Å². The Bertz CT molecular complexity index is 1420. The number of aryl methyl sites for hydroxylation is 2. The van der Waals surface area contributed by atoms with E-state index in [1.165, 1.54) is 17.0 Å². The number of alkyl halides is 8. The van der Waals surface area contributed by atoms with Gasteiger partial charge in [-0.1, -0.05) is 50.6 Å². The standard InChI is InChI=1S/C30H33F8NO3S/c1-3-5-20(14-16-31)26(40)39-17-15-27(43(41,42)23-10-6-19(4-2)7-11-23)24-12-9-22(18-21(24)8-13-25(27)39)28(32,29(33,34)35)30(36,37)38/h6-7,9-12,18,20,25H,3-5,8,13-17H2,1-2H3. The molecule has 3 atom stereocenters. The van der Waals surface area contributed by atoms with Crippen LogP contribution in [0, 0.1) is 5.92 Å². The Morgan fingerprint density at radius 3 is 2.14 bits per heavy atom. The molecule has 4 rings (SSSR count). The molecule has 1 saturated heterocycles. The molecule has 1 fully saturated rings. The molecule has 4 nitrogen and oxygen atoms in total. The van der Waals surface area contributed by atoms with Crippen LogP contribution in [0.25, 0.3) is 0 Å². The lowest BCUT2D eigenvalue weighted by molar-refractivity contribution is -0.348. The summed E-state index contributed by atoms with van der Waals surface area (Å²) in [5, 5.41) is 0. The van der Waals surface area contributed by atoms with Gasteiger partial charge in [-0.2, -0.15) is 26.3 Å². The van der Waals surface area contributed by atoms with Gasteiger partial charge in [-0.3, -0.25) is 9.18 Å². The van der Waals surface area contributed by atoms with Crippen molar-refractivity contribution < 1.29 is 48.3 Å². The smallest absolute Gasteiger partial charge is 0.337 e. The topological polar surface area (TPSA) is 54.5 Å². The van der Waals surface area contributed by atoms with Gasteiger partial charge in [-0.25, -0.2) is 12.8 Å². The third kappa shape index (κ3) is 5.22. The van der Waals surface area contributed by atoms with Crippen LogP contribution in [0.15, 0.2) is 47.4 Å². The molecule has 2 aromatic rings. The molecule has 0 bridgehead atoms. The Balaban J connectivity index is 1.93. The molecule has 0 N–H and O–H groups in total. The Hall–Kier alpha value is -2.70. The zero-order chi connectivity index (χ0) is 32.0. The number of benzene rings is 2. The van der Waals surface area contributed by atoms with Gasteiger partial charge in [0.25, 0.3) is 0 Å². The second-order valence-electron chi connectivity index (χ2n) is 11.2. The Morgan fingerprint density at radius 2 is 1.60 bits per heavy atom. The summed E-state index contributed by atoms with van der Waals surface area (Å²) < 4.78 is 137. The SMILES string of the molecule is CCCC(CCF)C(=O)N1CCC2(S(=O)(=O)c3ccc(CC)cc3)c3ccc(C(F)(C(F)(F)F)C(F)(F)F)cc3CCC12. The van der Waals surface area contributed by atoms with Crippen LogP contribution in [-0.4, -0.2) is 50.8 Å². The molecule has 3 unspecified atom stereocenters. The third-order valence-corrected chi connectivity index (χ3v) is 11.5. The number of halogens is 8. The van der Waals surface area contributed by atoms with Crippen LogP contribution in [0.1, 0.15) is 68.2 Å². The summed E-state index contributed by atoms with van der Waals surface area (Å²) in [7, 11) is -4.43. The highest BCUT2D eigenvalue weighted by atomic mass is 32.2. The van der Waals surface area contributed by atoms with Crippen molar-refractivity contribution in [2.24, 2.45) is 5.92 Å². The van der Waals surface area contributed by atoms with Gasteiger partial charge in [-0.05, 0) is 67.3 Å². The highest BCUT2D eigenvalue weighted by Crippen LogP contribution is 2.57. The highest BCUT2D eigenvalue weighted by molar-refractivity contribution is 7.92. The van der Waals surface area contributed by atoms with Gasteiger partial charge >= 0.3 is 18.0 Å². The quantitative estimate of drug-likeness (QED) is 0.267. The van der Waals surface area contributed by atoms with Crippen molar-refractivity contribution in [2.45, 2.75) is 92.5 Å². The Labute approximate surface area is 245 Å². The Kier molecular flexibility index (Phi) is 9.01. The average Bonchev–Trinajstić information content (AvgIpc) is 3.36. The maximum absolute atomic E-state index is 15.0. The number of hydrogen-bond donors (Lipinski definition) is 0. The summed E-state index contributed by atoms with van der Waals surface area (Å²) in [6, 6.07) is 6.59. The van der Waals surface area contributed by atoms with Crippen molar-refractivity contribution >= 4 is 15.7 Å². The maximum atomic E-state index is 15.0. The van der Waals surface area contributed by atoms with Gasteiger partial charge in [0.15, 0.2) is 9.84 Å². The molecular formula is C30H33F8NO3S. The van der Waals surface area contributed by atoms with Crippen LogP contribution in [0.4, 0.5) is 35.1 Å². The number of hydrogen-bond acceptors (Lipinski definition) is 3. The molecule has 1 aliphatic heterocycles. The summed E-state index contributed by atoms with van der Waals surface area (Å²) in [6.07, 6.45) is -11.7. The summed E-state index contributed by atoms with van der Waals surface area (Å²) in [5.41, 5.74) is -6.77. The van der Waals surface area contributed by atoms with E-state index in [0.29, 0.717) is 31.4 Å². The van der Waals surface area contributed by atoms with Crippen LogP contribution >= 0.6 is 0 Å². The molecule has 2 aromatic carbocycles. The van der Waals surface area contributed by atoms with Crippen molar-refractivity contribution in [3.8, 4) is 0 Å². The minimum atomic E-state index is -6.33. The van der Waals surface area contributed by atoms with Crippen molar-refractivity contribution in [2.75, 3.05) is 13.2 Å². The van der Waals surface area contributed by atoms with E-state index in [1.54, 1.807) is 12.1 Å². The molecule has 0 saturated carbocycles. The van der Waals surface area contributed by atoms with Crippen molar-refractivity contribution in [1.29, 1.82) is 0 Å². The number of fused-ring (bicyclic) bond motifs is 3. The molecule has 0 aromatic heterocycles. The molecule has 43 heavy (non-hydrogen) atoms. The lowest BCUT2D eigenvalue weighted by Gasteiger charge is -2.43. The summed E-state index contributed by atoms with van der Waals surface area (Å²) in [6.45, 7) is 2.85. The van der Waals surface area contributed by atoms with Gasteiger partial charge in [0, 0.05) is 18.0 Å². The summed E-state index contributed by atoms with van der Waals surface area (Å²) in [4.78, 5) is 14.9. The molecule has 2 aliphatic rings. The normalized spacial score (nSPS) is 21.8. The zero-order valence-corrected chi connectivity index (χ0v) is 24.5. The van der Waals surface area contributed by atoms with E-state index < -0.39 is 62.7 Å². The fraction of sp³-hybridized carbons (Fsp3) is 0.567. The maximum Gasteiger partial charge on any atom is 0.435 e. The largest absolute Gasteiger partial charge is 0.435 e. The summed E-state index contributed by atoms with van der Waals surface area (Å²) >= 11 is 0. The number of carbonyl (C=O) groups is 1. The molecular weight excluding hydrogens is 606 g/mol. The molecule has 0 spiro atoms. The van der Waals surface area contributed by atoms with E-state index in [2.05, 4.69) is 0 Å². The first kappa shape index (κ1) is 33.2.